The Balaban J connectivity index is 2.21. The summed E-state index contributed by atoms with van der Waals surface area (Å²) in [6, 6.07) is 8.11. The van der Waals surface area contributed by atoms with E-state index in [1.165, 1.54) is 11.8 Å². The molecule has 0 aliphatic rings. The van der Waals surface area contributed by atoms with Crippen molar-refractivity contribution >= 4 is 23.9 Å². The van der Waals surface area contributed by atoms with Crippen LogP contribution in [-0.2, 0) is 0 Å². The number of anilines is 1. The summed E-state index contributed by atoms with van der Waals surface area (Å²) in [6.07, 6.45) is 8.90. The standard InChI is InChI=1S/C15H18N6/c1-11-5-2-3-7-14(11)21-9-12(13(16)10-21)6-4-8-19-20-15(17)18/h2-10H,16H2,1H3,(H4,17,18,20)/b6-4+,19-8-. The molecule has 0 amide bonds. The fourth-order valence-corrected chi connectivity index (χ4v) is 1.90. The molecule has 0 spiro atoms. The highest BCUT2D eigenvalue weighted by Crippen LogP contribution is 2.21. The molecule has 21 heavy (non-hydrogen) atoms. The lowest BCUT2D eigenvalue weighted by molar-refractivity contribution is 1.06. The summed E-state index contributed by atoms with van der Waals surface area (Å²) in [5.41, 5.74) is 20.2. The van der Waals surface area contributed by atoms with E-state index < -0.39 is 0 Å². The van der Waals surface area contributed by atoms with Crippen LogP contribution in [0.2, 0.25) is 0 Å². The largest absolute Gasteiger partial charge is 0.397 e. The lowest BCUT2D eigenvalue weighted by Gasteiger charge is -2.05. The quantitative estimate of drug-likeness (QED) is 0.450. The number of hydrogen-bond donors (Lipinski definition) is 3. The molecule has 0 aliphatic heterocycles. The SMILES string of the molecule is Cc1ccccc1-n1cc(N)c(/C=C/C=N\N=C(N)N)c1. The first kappa shape index (κ1) is 14.4. The number of aromatic nitrogens is 1. The van der Waals surface area contributed by atoms with Gasteiger partial charge in [0.25, 0.3) is 0 Å². The molecule has 0 fully saturated rings. The number of nitrogens with two attached hydrogens (primary N) is 3. The van der Waals surface area contributed by atoms with E-state index >= 15 is 0 Å². The van der Waals surface area contributed by atoms with Crippen LogP contribution >= 0.6 is 0 Å². The van der Waals surface area contributed by atoms with Gasteiger partial charge in [-0.2, -0.15) is 5.10 Å². The number of nitrogens with zero attached hydrogens (tertiary/aromatic N) is 3. The third-order valence-corrected chi connectivity index (χ3v) is 2.89. The molecule has 6 N–H and O–H groups in total. The number of para-hydroxylation sites is 1. The van der Waals surface area contributed by atoms with E-state index in [1.807, 2.05) is 41.2 Å². The maximum absolute atomic E-state index is 6.01. The van der Waals surface area contributed by atoms with E-state index in [4.69, 9.17) is 17.2 Å². The topological polar surface area (TPSA) is 108 Å². The third kappa shape index (κ3) is 3.73. The Hall–Kier alpha value is -3.02. The summed E-state index contributed by atoms with van der Waals surface area (Å²) in [5, 5.41) is 7.17. The molecule has 2 aromatic rings. The highest BCUT2D eigenvalue weighted by Gasteiger charge is 2.04. The summed E-state index contributed by atoms with van der Waals surface area (Å²) in [4.78, 5) is 0. The lowest BCUT2D eigenvalue weighted by atomic mass is 10.2. The zero-order valence-corrected chi connectivity index (χ0v) is 11.8. The van der Waals surface area contributed by atoms with Crippen molar-refractivity contribution in [2.24, 2.45) is 21.7 Å². The van der Waals surface area contributed by atoms with Gasteiger partial charge in [0.1, 0.15) is 0 Å². The molecular weight excluding hydrogens is 264 g/mol. The fourth-order valence-electron chi connectivity index (χ4n) is 1.90. The van der Waals surface area contributed by atoms with Gasteiger partial charge >= 0.3 is 0 Å². The second-order valence-corrected chi connectivity index (χ2v) is 4.51. The van der Waals surface area contributed by atoms with Gasteiger partial charge in [-0.15, -0.1) is 5.10 Å². The lowest BCUT2D eigenvalue weighted by Crippen LogP contribution is -2.21. The Morgan fingerprint density at radius 1 is 1.19 bits per heavy atom. The molecule has 108 valence electrons. The normalized spacial score (nSPS) is 11.3. The number of aryl methyl sites for hydroxylation is 1. The van der Waals surface area contributed by atoms with Crippen LogP contribution in [0.4, 0.5) is 5.69 Å². The summed E-state index contributed by atoms with van der Waals surface area (Å²) in [7, 11) is 0. The van der Waals surface area contributed by atoms with Crippen molar-refractivity contribution in [1.29, 1.82) is 0 Å². The summed E-state index contributed by atoms with van der Waals surface area (Å²) in [5.74, 6) is -0.0788. The Morgan fingerprint density at radius 3 is 2.67 bits per heavy atom. The average molecular weight is 282 g/mol. The highest BCUT2D eigenvalue weighted by molar-refractivity contribution is 5.82. The van der Waals surface area contributed by atoms with Gasteiger partial charge in [-0.1, -0.05) is 18.2 Å². The first-order valence-corrected chi connectivity index (χ1v) is 6.40. The molecule has 1 aromatic carbocycles. The molecule has 1 heterocycles. The minimum atomic E-state index is -0.0788. The Morgan fingerprint density at radius 2 is 1.95 bits per heavy atom. The van der Waals surface area contributed by atoms with Gasteiger partial charge in [0.2, 0.25) is 5.96 Å². The van der Waals surface area contributed by atoms with Gasteiger partial charge in [-0.25, -0.2) is 0 Å². The van der Waals surface area contributed by atoms with Gasteiger partial charge in [-0.05, 0) is 30.7 Å². The molecule has 0 bridgehead atoms. The van der Waals surface area contributed by atoms with Crippen LogP contribution in [0.3, 0.4) is 0 Å². The van der Waals surface area contributed by atoms with Gasteiger partial charge in [0, 0.05) is 29.9 Å². The second-order valence-electron chi connectivity index (χ2n) is 4.51. The number of hydrogen-bond acceptors (Lipinski definition) is 3. The van der Waals surface area contributed by atoms with E-state index in [0.717, 1.165) is 11.3 Å². The molecular formula is C15H18N6. The third-order valence-electron chi connectivity index (χ3n) is 2.89. The maximum Gasteiger partial charge on any atom is 0.211 e. The number of allylic oxidation sites excluding steroid dienone is 1. The summed E-state index contributed by atoms with van der Waals surface area (Å²) < 4.78 is 2.00. The average Bonchev–Trinajstić information content (AvgIpc) is 2.80. The molecule has 0 atom stereocenters. The van der Waals surface area contributed by atoms with E-state index in [-0.39, 0.29) is 5.96 Å². The molecule has 6 nitrogen and oxygen atoms in total. The van der Waals surface area contributed by atoms with Crippen molar-refractivity contribution in [1.82, 2.24) is 4.57 Å². The van der Waals surface area contributed by atoms with Crippen LogP contribution in [0, 0.1) is 6.92 Å². The molecule has 0 radical (unpaired) electrons. The summed E-state index contributed by atoms with van der Waals surface area (Å²) in [6.45, 7) is 2.06. The van der Waals surface area contributed by atoms with Crippen LogP contribution in [0.25, 0.3) is 11.8 Å². The number of rotatable bonds is 4. The van der Waals surface area contributed by atoms with Crippen LogP contribution in [0.15, 0.2) is 52.9 Å². The zero-order valence-electron chi connectivity index (χ0n) is 11.8. The highest BCUT2D eigenvalue weighted by atomic mass is 15.3. The summed E-state index contributed by atoms with van der Waals surface area (Å²) >= 11 is 0. The Kier molecular flexibility index (Phi) is 4.40. The van der Waals surface area contributed by atoms with E-state index in [0.29, 0.717) is 5.69 Å². The molecule has 2 rings (SSSR count). The van der Waals surface area contributed by atoms with Crippen LogP contribution in [0.5, 0.6) is 0 Å². The van der Waals surface area contributed by atoms with E-state index in [1.54, 1.807) is 6.08 Å². The number of nitrogen functional groups attached to an aromatic ring is 1. The van der Waals surface area contributed by atoms with Crippen molar-refractivity contribution < 1.29 is 0 Å². The zero-order chi connectivity index (χ0) is 15.2. The minimum Gasteiger partial charge on any atom is -0.397 e. The molecule has 0 aliphatic carbocycles. The van der Waals surface area contributed by atoms with Crippen molar-refractivity contribution in [3.63, 3.8) is 0 Å². The smallest absolute Gasteiger partial charge is 0.211 e. The Bertz CT molecular complexity index is 705. The van der Waals surface area contributed by atoms with Crippen LogP contribution < -0.4 is 17.2 Å². The van der Waals surface area contributed by atoms with Crippen molar-refractivity contribution in [3.8, 4) is 5.69 Å². The molecule has 0 saturated heterocycles. The van der Waals surface area contributed by atoms with Crippen molar-refractivity contribution in [3.05, 3.63) is 53.9 Å². The molecule has 0 unspecified atom stereocenters. The first-order valence-electron chi connectivity index (χ1n) is 6.40. The molecule has 1 aromatic heterocycles. The predicted molar refractivity (Wildman–Crippen MR) is 88.3 cm³/mol. The van der Waals surface area contributed by atoms with E-state index in [2.05, 4.69) is 23.2 Å². The number of guanidine groups is 1. The molecule has 0 saturated carbocycles. The maximum atomic E-state index is 6.01. The molecule has 6 heteroatoms. The minimum absolute atomic E-state index is 0.0788. The van der Waals surface area contributed by atoms with Gasteiger partial charge < -0.3 is 21.8 Å². The monoisotopic (exact) mass is 282 g/mol. The van der Waals surface area contributed by atoms with Crippen molar-refractivity contribution in [2.75, 3.05) is 5.73 Å². The van der Waals surface area contributed by atoms with Gasteiger partial charge in [0.05, 0.1) is 5.69 Å². The van der Waals surface area contributed by atoms with Crippen LogP contribution in [-0.4, -0.2) is 16.7 Å². The van der Waals surface area contributed by atoms with E-state index in [9.17, 15) is 0 Å². The Labute approximate surface area is 123 Å². The van der Waals surface area contributed by atoms with Crippen molar-refractivity contribution in [2.45, 2.75) is 6.92 Å². The first-order chi connectivity index (χ1) is 10.1. The van der Waals surface area contributed by atoms with Gasteiger partial charge in [-0.3, -0.25) is 0 Å². The predicted octanol–water partition coefficient (Wildman–Crippen LogP) is 1.64. The second kappa shape index (κ2) is 6.42. The number of benzene rings is 1. The van der Waals surface area contributed by atoms with Gasteiger partial charge in [0.15, 0.2) is 0 Å². The fraction of sp³-hybridized carbons (Fsp3) is 0.0667. The van der Waals surface area contributed by atoms with Crippen LogP contribution in [0.1, 0.15) is 11.1 Å².